The van der Waals surface area contributed by atoms with Crippen molar-refractivity contribution in [1.29, 1.82) is 0 Å². The summed E-state index contributed by atoms with van der Waals surface area (Å²) in [6.07, 6.45) is 1.61. The highest BCUT2D eigenvalue weighted by Crippen LogP contribution is 2.28. The summed E-state index contributed by atoms with van der Waals surface area (Å²) in [5.41, 5.74) is 2.99. The fourth-order valence-corrected chi connectivity index (χ4v) is 3.92. The van der Waals surface area contributed by atoms with Crippen molar-refractivity contribution in [1.82, 2.24) is 15.0 Å². The van der Waals surface area contributed by atoms with Gasteiger partial charge in [0.1, 0.15) is 5.75 Å². The molecule has 0 aliphatic carbocycles. The van der Waals surface area contributed by atoms with E-state index in [1.165, 1.54) is 0 Å². The smallest absolute Gasteiger partial charge is 0.260 e. The lowest BCUT2D eigenvalue weighted by Gasteiger charge is -2.30. The van der Waals surface area contributed by atoms with E-state index in [1.54, 1.807) is 12.1 Å². The number of likely N-dealkylation sites (tertiary alicyclic amines) is 1. The number of aromatic nitrogens is 2. The van der Waals surface area contributed by atoms with E-state index in [1.807, 2.05) is 49.1 Å². The maximum absolute atomic E-state index is 12.5. The summed E-state index contributed by atoms with van der Waals surface area (Å²) >= 11 is 5.96. The van der Waals surface area contributed by atoms with Gasteiger partial charge < -0.3 is 14.2 Å². The van der Waals surface area contributed by atoms with Gasteiger partial charge in [0.2, 0.25) is 0 Å². The molecule has 7 heteroatoms. The summed E-state index contributed by atoms with van der Waals surface area (Å²) in [4.78, 5) is 19.0. The third-order valence-electron chi connectivity index (χ3n) is 5.41. The van der Waals surface area contributed by atoms with Crippen molar-refractivity contribution in [2.75, 3.05) is 19.7 Å². The van der Waals surface area contributed by atoms with Crippen LogP contribution in [0.3, 0.4) is 0 Å². The molecule has 1 saturated heterocycles. The number of halogens is 1. The van der Waals surface area contributed by atoms with E-state index >= 15 is 0 Å². The zero-order valence-electron chi connectivity index (χ0n) is 17.1. The van der Waals surface area contributed by atoms with Crippen LogP contribution in [0.15, 0.2) is 47.0 Å². The van der Waals surface area contributed by atoms with Gasteiger partial charge in [0.05, 0.1) is 0 Å². The maximum Gasteiger partial charge on any atom is 0.260 e. The summed E-state index contributed by atoms with van der Waals surface area (Å²) in [5, 5.41) is 4.84. The van der Waals surface area contributed by atoms with Gasteiger partial charge in [-0.05, 0) is 62.6 Å². The number of nitrogens with zero attached hydrogens (tertiary/aromatic N) is 3. The first kappa shape index (κ1) is 20.4. The van der Waals surface area contributed by atoms with Gasteiger partial charge in [0, 0.05) is 29.6 Å². The molecule has 1 fully saturated rings. The maximum atomic E-state index is 12.5. The molecule has 1 aromatic heterocycles. The Morgan fingerprint density at radius 1 is 1.20 bits per heavy atom. The Bertz CT molecular complexity index is 1040. The number of rotatable bonds is 5. The minimum absolute atomic E-state index is 0.0173. The van der Waals surface area contributed by atoms with Crippen molar-refractivity contribution in [3.8, 4) is 17.2 Å². The monoisotopic (exact) mass is 425 g/mol. The van der Waals surface area contributed by atoms with Gasteiger partial charge in [-0.2, -0.15) is 4.98 Å². The molecule has 2 aromatic carbocycles. The number of aryl methyl sites for hydroxylation is 2. The van der Waals surface area contributed by atoms with Gasteiger partial charge >= 0.3 is 0 Å². The molecule has 156 valence electrons. The van der Waals surface area contributed by atoms with Crippen molar-refractivity contribution >= 4 is 17.5 Å². The first-order valence-corrected chi connectivity index (χ1v) is 10.4. The second kappa shape index (κ2) is 8.88. The van der Waals surface area contributed by atoms with E-state index in [0.717, 1.165) is 29.5 Å². The highest BCUT2D eigenvalue weighted by Gasteiger charge is 2.27. The average molecular weight is 426 g/mol. The lowest BCUT2D eigenvalue weighted by Crippen LogP contribution is -2.40. The normalized spacial score (nSPS) is 14.7. The number of amides is 1. The fraction of sp³-hybridized carbons (Fsp3) is 0.348. The summed E-state index contributed by atoms with van der Waals surface area (Å²) < 4.78 is 11.2. The molecular formula is C23H24ClN3O3. The summed E-state index contributed by atoms with van der Waals surface area (Å²) in [6, 6.07) is 13.4. The number of ether oxygens (including phenoxy) is 1. The molecule has 1 aliphatic rings. The van der Waals surface area contributed by atoms with Crippen LogP contribution in [0.2, 0.25) is 5.02 Å². The van der Waals surface area contributed by atoms with E-state index in [0.29, 0.717) is 35.6 Å². The van der Waals surface area contributed by atoms with Crippen molar-refractivity contribution in [2.24, 2.45) is 0 Å². The van der Waals surface area contributed by atoms with Crippen LogP contribution in [0.4, 0.5) is 0 Å². The molecule has 6 nitrogen and oxygen atoms in total. The number of hydrogen-bond acceptors (Lipinski definition) is 5. The highest BCUT2D eigenvalue weighted by molar-refractivity contribution is 6.30. The molecule has 0 atom stereocenters. The lowest BCUT2D eigenvalue weighted by molar-refractivity contribution is -0.134. The van der Waals surface area contributed by atoms with Crippen LogP contribution in [0, 0.1) is 13.8 Å². The first-order chi connectivity index (χ1) is 14.5. The quantitative estimate of drug-likeness (QED) is 0.587. The van der Waals surface area contributed by atoms with Crippen molar-refractivity contribution in [2.45, 2.75) is 32.6 Å². The van der Waals surface area contributed by atoms with Gasteiger partial charge in [-0.25, -0.2) is 0 Å². The molecule has 0 saturated carbocycles. The Labute approximate surface area is 180 Å². The zero-order valence-corrected chi connectivity index (χ0v) is 17.9. The van der Waals surface area contributed by atoms with Gasteiger partial charge in [-0.1, -0.05) is 34.5 Å². The largest absolute Gasteiger partial charge is 0.483 e. The van der Waals surface area contributed by atoms with E-state index in [-0.39, 0.29) is 18.4 Å². The van der Waals surface area contributed by atoms with Crippen LogP contribution in [-0.2, 0) is 4.79 Å². The summed E-state index contributed by atoms with van der Waals surface area (Å²) in [6.45, 7) is 5.27. The Kier molecular flexibility index (Phi) is 6.04. The molecule has 0 radical (unpaired) electrons. The van der Waals surface area contributed by atoms with Crippen LogP contribution in [-0.4, -0.2) is 40.6 Å². The molecule has 1 amide bonds. The predicted molar refractivity (Wildman–Crippen MR) is 115 cm³/mol. The Morgan fingerprint density at radius 2 is 2.00 bits per heavy atom. The van der Waals surface area contributed by atoms with Crippen LogP contribution in [0.1, 0.15) is 35.7 Å². The second-order valence-corrected chi connectivity index (χ2v) is 8.12. The minimum atomic E-state index is -0.0173. The van der Waals surface area contributed by atoms with Crippen LogP contribution in [0.25, 0.3) is 11.5 Å². The Balaban J connectivity index is 1.31. The molecule has 0 unspecified atom stereocenters. The molecular weight excluding hydrogens is 402 g/mol. The number of carbonyl (C=O) groups excluding carboxylic acids is 1. The van der Waals surface area contributed by atoms with Crippen LogP contribution >= 0.6 is 11.6 Å². The van der Waals surface area contributed by atoms with E-state index in [4.69, 9.17) is 20.9 Å². The van der Waals surface area contributed by atoms with Gasteiger partial charge in [0.25, 0.3) is 11.8 Å². The molecule has 30 heavy (non-hydrogen) atoms. The molecule has 4 rings (SSSR count). The van der Waals surface area contributed by atoms with E-state index < -0.39 is 0 Å². The molecule has 2 heterocycles. The minimum Gasteiger partial charge on any atom is -0.483 e. The fourth-order valence-electron chi connectivity index (χ4n) is 3.69. The van der Waals surface area contributed by atoms with Gasteiger partial charge in [-0.15, -0.1) is 0 Å². The second-order valence-electron chi connectivity index (χ2n) is 7.68. The molecule has 1 aliphatic heterocycles. The van der Waals surface area contributed by atoms with Crippen LogP contribution in [0.5, 0.6) is 5.75 Å². The van der Waals surface area contributed by atoms with Crippen molar-refractivity contribution in [3.05, 3.63) is 64.4 Å². The Hall–Kier alpha value is -2.86. The number of carbonyl (C=O) groups is 1. The highest BCUT2D eigenvalue weighted by atomic mass is 35.5. The SMILES string of the molecule is Cc1cccc(-c2nc(C3CCN(C(=O)COc4ccc(Cl)cc4C)CC3)no2)c1. The van der Waals surface area contributed by atoms with Crippen molar-refractivity contribution in [3.63, 3.8) is 0 Å². The lowest BCUT2D eigenvalue weighted by atomic mass is 9.96. The summed E-state index contributed by atoms with van der Waals surface area (Å²) in [7, 11) is 0. The van der Waals surface area contributed by atoms with Gasteiger partial charge in [0.15, 0.2) is 12.4 Å². The van der Waals surface area contributed by atoms with Gasteiger partial charge in [-0.3, -0.25) is 4.79 Å². The van der Waals surface area contributed by atoms with Crippen LogP contribution < -0.4 is 4.74 Å². The molecule has 0 N–H and O–H groups in total. The summed E-state index contributed by atoms with van der Waals surface area (Å²) in [5.74, 6) is 2.11. The first-order valence-electron chi connectivity index (χ1n) is 10.1. The molecule has 0 spiro atoms. The van der Waals surface area contributed by atoms with Crippen molar-refractivity contribution < 1.29 is 14.1 Å². The van der Waals surface area contributed by atoms with E-state index in [9.17, 15) is 4.79 Å². The third-order valence-corrected chi connectivity index (χ3v) is 5.64. The zero-order chi connectivity index (χ0) is 21.1. The Morgan fingerprint density at radius 3 is 2.73 bits per heavy atom. The number of piperidine rings is 1. The van der Waals surface area contributed by atoms with E-state index in [2.05, 4.69) is 10.1 Å². The number of benzene rings is 2. The average Bonchev–Trinajstić information content (AvgIpc) is 3.23. The predicted octanol–water partition coefficient (Wildman–Crippen LogP) is 4.79. The molecule has 0 bridgehead atoms. The molecule has 3 aromatic rings. The standard InChI is InChI=1S/C23H24ClN3O3/c1-15-4-3-5-18(12-15)23-25-22(26-30-23)17-8-10-27(11-9-17)21(28)14-29-20-7-6-19(24)13-16(20)2/h3-7,12-13,17H,8-11,14H2,1-2H3. The topological polar surface area (TPSA) is 68.5 Å². The number of hydrogen-bond donors (Lipinski definition) is 0. The third kappa shape index (κ3) is 4.65.